The summed E-state index contributed by atoms with van der Waals surface area (Å²) in [5.74, 6) is 0.905. The number of thiazole rings is 1. The Morgan fingerprint density at radius 1 is 1.26 bits per heavy atom. The third-order valence-corrected chi connectivity index (χ3v) is 5.87. The first kappa shape index (κ1) is 19.8. The van der Waals surface area contributed by atoms with Crippen LogP contribution in [0.2, 0.25) is 0 Å². The van der Waals surface area contributed by atoms with Crippen LogP contribution in [-0.4, -0.2) is 41.5 Å². The number of piperidine rings is 1. The maximum Gasteiger partial charge on any atom is 0.191 e. The zero-order chi connectivity index (χ0) is 19.1. The highest BCUT2D eigenvalue weighted by Gasteiger charge is 2.20. The average molecular weight is 386 g/mol. The fourth-order valence-corrected chi connectivity index (χ4v) is 4.11. The normalized spacial score (nSPS) is 16.5. The molecule has 1 aliphatic heterocycles. The summed E-state index contributed by atoms with van der Waals surface area (Å²) in [4.78, 5) is 12.9. The van der Waals surface area contributed by atoms with Gasteiger partial charge in [0.2, 0.25) is 0 Å². The van der Waals surface area contributed by atoms with Gasteiger partial charge in [-0.1, -0.05) is 24.3 Å². The Hall–Kier alpha value is -1.92. The Balaban J connectivity index is 1.49. The van der Waals surface area contributed by atoms with E-state index in [9.17, 15) is 0 Å². The molecule has 0 radical (unpaired) electrons. The molecule has 6 heteroatoms. The van der Waals surface area contributed by atoms with Gasteiger partial charge in [-0.25, -0.2) is 9.98 Å². The van der Waals surface area contributed by atoms with Crippen molar-refractivity contribution in [2.24, 2.45) is 4.99 Å². The van der Waals surface area contributed by atoms with Crippen LogP contribution < -0.4 is 10.6 Å². The molecule has 0 spiro atoms. The van der Waals surface area contributed by atoms with Crippen molar-refractivity contribution in [2.75, 3.05) is 19.6 Å². The molecule has 27 heavy (non-hydrogen) atoms. The van der Waals surface area contributed by atoms with Crippen molar-refractivity contribution in [2.45, 2.75) is 52.7 Å². The lowest BCUT2D eigenvalue weighted by Gasteiger charge is -2.33. The zero-order valence-electron chi connectivity index (χ0n) is 16.7. The molecule has 0 atom stereocenters. The van der Waals surface area contributed by atoms with Crippen LogP contribution in [-0.2, 0) is 13.1 Å². The number of nitrogens with zero attached hydrogens (tertiary/aromatic N) is 3. The molecular weight excluding hydrogens is 354 g/mol. The van der Waals surface area contributed by atoms with E-state index in [0.717, 1.165) is 50.0 Å². The number of rotatable bonds is 6. The summed E-state index contributed by atoms with van der Waals surface area (Å²) in [6.07, 6.45) is 4.21. The van der Waals surface area contributed by atoms with Crippen LogP contribution in [0.4, 0.5) is 0 Å². The Labute approximate surface area is 166 Å². The molecule has 1 aromatic carbocycles. The number of hydrogen-bond donors (Lipinski definition) is 2. The molecular formula is C21H31N5S. The standard InChI is InChI=1S/C21H31N5S/c1-4-22-21(24-14-20-23-13-17(3)27-20)25-19-9-11-26(12-10-19)15-18-8-6-5-7-16(18)2/h5-8,13,19H,4,9-12,14-15H2,1-3H3,(H2,22,24,25). The van der Waals surface area contributed by atoms with Crippen molar-refractivity contribution in [1.29, 1.82) is 0 Å². The predicted molar refractivity (Wildman–Crippen MR) is 114 cm³/mol. The van der Waals surface area contributed by atoms with Crippen molar-refractivity contribution in [3.63, 3.8) is 0 Å². The van der Waals surface area contributed by atoms with Gasteiger partial charge in [-0.05, 0) is 44.7 Å². The molecule has 5 nitrogen and oxygen atoms in total. The molecule has 146 valence electrons. The van der Waals surface area contributed by atoms with Crippen LogP contribution in [0.3, 0.4) is 0 Å². The molecule has 1 saturated heterocycles. The molecule has 0 amide bonds. The van der Waals surface area contributed by atoms with Gasteiger partial charge in [-0.15, -0.1) is 11.3 Å². The monoisotopic (exact) mass is 385 g/mol. The van der Waals surface area contributed by atoms with Crippen LogP contribution >= 0.6 is 11.3 Å². The highest BCUT2D eigenvalue weighted by atomic mass is 32.1. The molecule has 1 aromatic heterocycles. The van der Waals surface area contributed by atoms with Crippen LogP contribution in [0.15, 0.2) is 35.5 Å². The van der Waals surface area contributed by atoms with Crippen molar-refractivity contribution in [3.8, 4) is 0 Å². The molecule has 1 fully saturated rings. The van der Waals surface area contributed by atoms with Crippen LogP contribution in [0.1, 0.15) is 40.8 Å². The van der Waals surface area contributed by atoms with Crippen molar-refractivity contribution >= 4 is 17.3 Å². The molecule has 2 N–H and O–H groups in total. The maximum atomic E-state index is 4.72. The van der Waals surface area contributed by atoms with Gasteiger partial charge in [0.05, 0.1) is 6.54 Å². The van der Waals surface area contributed by atoms with Gasteiger partial charge in [0.15, 0.2) is 5.96 Å². The van der Waals surface area contributed by atoms with E-state index in [4.69, 9.17) is 4.99 Å². The minimum absolute atomic E-state index is 0.481. The minimum Gasteiger partial charge on any atom is -0.357 e. The van der Waals surface area contributed by atoms with Crippen LogP contribution in [0.25, 0.3) is 0 Å². The van der Waals surface area contributed by atoms with E-state index in [-0.39, 0.29) is 0 Å². The average Bonchev–Trinajstić information content (AvgIpc) is 3.09. The second-order valence-corrected chi connectivity index (χ2v) is 8.50. The van der Waals surface area contributed by atoms with Gasteiger partial charge in [0, 0.05) is 43.3 Å². The van der Waals surface area contributed by atoms with Crippen molar-refractivity contribution in [1.82, 2.24) is 20.5 Å². The van der Waals surface area contributed by atoms with E-state index in [1.165, 1.54) is 16.0 Å². The van der Waals surface area contributed by atoms with Gasteiger partial charge in [-0.2, -0.15) is 0 Å². The smallest absolute Gasteiger partial charge is 0.191 e. The molecule has 1 aliphatic rings. The van der Waals surface area contributed by atoms with Crippen molar-refractivity contribution < 1.29 is 0 Å². The lowest BCUT2D eigenvalue weighted by atomic mass is 10.0. The summed E-state index contributed by atoms with van der Waals surface area (Å²) >= 11 is 1.72. The number of nitrogens with one attached hydrogen (secondary N) is 2. The summed E-state index contributed by atoms with van der Waals surface area (Å²) in [6, 6.07) is 9.18. The molecule has 2 aromatic rings. The molecule has 0 bridgehead atoms. The Bertz CT molecular complexity index is 747. The van der Waals surface area contributed by atoms with Crippen molar-refractivity contribution in [3.05, 3.63) is 51.5 Å². The second-order valence-electron chi connectivity index (χ2n) is 7.18. The topological polar surface area (TPSA) is 52.6 Å². The SMILES string of the molecule is CCNC(=NCc1ncc(C)s1)NC1CCN(Cc2ccccc2C)CC1. The number of benzene rings is 1. The first-order chi connectivity index (χ1) is 13.1. The van der Waals surface area contributed by atoms with E-state index >= 15 is 0 Å². The largest absolute Gasteiger partial charge is 0.357 e. The molecule has 3 rings (SSSR count). The Kier molecular flexibility index (Phi) is 7.24. The highest BCUT2D eigenvalue weighted by molar-refractivity contribution is 7.11. The number of guanidine groups is 1. The van der Waals surface area contributed by atoms with E-state index in [0.29, 0.717) is 12.6 Å². The van der Waals surface area contributed by atoms with Gasteiger partial charge in [0.1, 0.15) is 5.01 Å². The fourth-order valence-electron chi connectivity index (χ4n) is 3.40. The quantitative estimate of drug-likeness (QED) is 0.590. The summed E-state index contributed by atoms with van der Waals surface area (Å²) in [6.45, 7) is 11.2. The first-order valence-electron chi connectivity index (χ1n) is 9.87. The molecule has 0 unspecified atom stereocenters. The van der Waals surface area contributed by atoms with Crippen LogP contribution in [0.5, 0.6) is 0 Å². The van der Waals surface area contributed by atoms with E-state index < -0.39 is 0 Å². The highest BCUT2D eigenvalue weighted by Crippen LogP contribution is 2.16. The number of aliphatic imine (C=N–C) groups is 1. The van der Waals surface area contributed by atoms with E-state index in [1.807, 2.05) is 6.20 Å². The zero-order valence-corrected chi connectivity index (χ0v) is 17.5. The molecule has 0 saturated carbocycles. The summed E-state index contributed by atoms with van der Waals surface area (Å²) < 4.78 is 0. The lowest BCUT2D eigenvalue weighted by Crippen LogP contribution is -2.48. The third kappa shape index (κ3) is 6.04. The van der Waals surface area contributed by atoms with Gasteiger partial charge in [-0.3, -0.25) is 4.90 Å². The number of aromatic nitrogens is 1. The third-order valence-electron chi connectivity index (χ3n) is 4.97. The van der Waals surface area contributed by atoms with Crippen LogP contribution in [0, 0.1) is 13.8 Å². The lowest BCUT2D eigenvalue weighted by molar-refractivity contribution is 0.198. The first-order valence-corrected chi connectivity index (χ1v) is 10.7. The predicted octanol–water partition coefficient (Wildman–Crippen LogP) is 3.48. The number of aryl methyl sites for hydroxylation is 2. The van der Waals surface area contributed by atoms with E-state index in [1.54, 1.807) is 11.3 Å². The van der Waals surface area contributed by atoms with Gasteiger partial charge < -0.3 is 10.6 Å². The minimum atomic E-state index is 0.481. The Morgan fingerprint density at radius 2 is 2.04 bits per heavy atom. The van der Waals surface area contributed by atoms with Gasteiger partial charge >= 0.3 is 0 Å². The summed E-state index contributed by atoms with van der Waals surface area (Å²) in [5.41, 5.74) is 2.83. The molecule has 2 heterocycles. The fraction of sp³-hybridized carbons (Fsp3) is 0.524. The van der Waals surface area contributed by atoms with E-state index in [2.05, 4.69) is 65.6 Å². The van der Waals surface area contributed by atoms with Gasteiger partial charge in [0.25, 0.3) is 0 Å². The number of hydrogen-bond acceptors (Lipinski definition) is 4. The summed E-state index contributed by atoms with van der Waals surface area (Å²) in [7, 11) is 0. The molecule has 0 aliphatic carbocycles. The summed E-state index contributed by atoms with van der Waals surface area (Å²) in [5, 5.41) is 8.05. The second kappa shape index (κ2) is 9.85. The maximum absolute atomic E-state index is 4.72. The number of likely N-dealkylation sites (tertiary alicyclic amines) is 1. The Morgan fingerprint density at radius 3 is 2.70 bits per heavy atom.